The summed E-state index contributed by atoms with van der Waals surface area (Å²) in [6.45, 7) is 3.89. The summed E-state index contributed by atoms with van der Waals surface area (Å²) in [6, 6.07) is 8.67. The second-order valence-electron chi connectivity index (χ2n) is 6.87. The van der Waals surface area contributed by atoms with Crippen molar-refractivity contribution in [3.05, 3.63) is 64.5 Å². The van der Waals surface area contributed by atoms with E-state index in [0.717, 1.165) is 12.1 Å². The number of aromatic nitrogens is 3. The van der Waals surface area contributed by atoms with E-state index in [1.807, 2.05) is 13.8 Å². The van der Waals surface area contributed by atoms with Crippen molar-refractivity contribution in [3.8, 4) is 17.2 Å². The summed E-state index contributed by atoms with van der Waals surface area (Å²) >= 11 is 0. The number of pyridine rings is 1. The first kappa shape index (κ1) is 19.1. The molecule has 0 radical (unpaired) electrons. The number of phenols is 1. The number of aromatic hydroxyl groups is 1. The molecule has 4 rings (SSSR count). The number of hydrogen-bond acceptors (Lipinski definition) is 7. The lowest BCUT2D eigenvalue weighted by atomic mass is 10.1. The molecular formula is C20H17N5O5. The molecule has 10 nitrogen and oxygen atoms in total. The summed E-state index contributed by atoms with van der Waals surface area (Å²) < 4.78 is 7.13. The number of nitrogens with one attached hydrogen (secondary N) is 1. The number of fused-ring (bicyclic) bond motifs is 1. The number of phenolic OH excluding ortho intramolecular Hbond substituents is 1. The lowest BCUT2D eigenvalue weighted by Gasteiger charge is -2.10. The Bertz CT molecular complexity index is 1260. The molecule has 3 heterocycles. The number of rotatable bonds is 5. The van der Waals surface area contributed by atoms with Crippen molar-refractivity contribution in [1.29, 1.82) is 0 Å². The first-order valence-electron chi connectivity index (χ1n) is 9.06. The predicted molar refractivity (Wildman–Crippen MR) is 108 cm³/mol. The van der Waals surface area contributed by atoms with Gasteiger partial charge in [-0.05, 0) is 44.2 Å². The number of nitro groups is 1. The molecule has 0 aliphatic rings. The number of anilines is 1. The Balaban J connectivity index is 1.80. The molecule has 0 spiro atoms. The van der Waals surface area contributed by atoms with Gasteiger partial charge < -0.3 is 14.8 Å². The number of carbonyl (C=O) groups excluding carboxylic acids is 1. The number of furan rings is 1. The van der Waals surface area contributed by atoms with E-state index >= 15 is 0 Å². The zero-order valence-corrected chi connectivity index (χ0v) is 16.1. The van der Waals surface area contributed by atoms with Crippen LogP contribution in [0.4, 0.5) is 11.4 Å². The van der Waals surface area contributed by atoms with Crippen LogP contribution in [0.15, 0.2) is 53.3 Å². The number of carbonyl (C=O) groups is 1. The highest BCUT2D eigenvalue weighted by molar-refractivity contribution is 6.12. The number of benzene rings is 1. The Morgan fingerprint density at radius 2 is 2.10 bits per heavy atom. The molecule has 1 aromatic carbocycles. The first-order chi connectivity index (χ1) is 14.3. The van der Waals surface area contributed by atoms with Gasteiger partial charge in [-0.3, -0.25) is 14.9 Å². The molecule has 0 unspecified atom stereocenters. The average Bonchev–Trinajstić information content (AvgIpc) is 3.38. The number of nitrogens with zero attached hydrogens (tertiary/aromatic N) is 4. The molecule has 0 atom stereocenters. The quantitative estimate of drug-likeness (QED) is 0.288. The summed E-state index contributed by atoms with van der Waals surface area (Å²) in [5.41, 5.74) is 0.924. The van der Waals surface area contributed by atoms with E-state index in [0.29, 0.717) is 22.5 Å². The van der Waals surface area contributed by atoms with E-state index in [-0.39, 0.29) is 17.3 Å². The van der Waals surface area contributed by atoms with Gasteiger partial charge in [0, 0.05) is 17.8 Å². The molecule has 1 amide bonds. The molecule has 2 N–H and O–H groups in total. The second-order valence-corrected chi connectivity index (χ2v) is 6.87. The van der Waals surface area contributed by atoms with Crippen LogP contribution in [-0.4, -0.2) is 30.7 Å². The van der Waals surface area contributed by atoms with Gasteiger partial charge >= 0.3 is 5.69 Å². The monoisotopic (exact) mass is 407 g/mol. The van der Waals surface area contributed by atoms with Crippen LogP contribution in [0.25, 0.3) is 22.5 Å². The van der Waals surface area contributed by atoms with Crippen LogP contribution in [-0.2, 0) is 0 Å². The molecule has 3 aromatic heterocycles. The minimum absolute atomic E-state index is 0.0116. The number of amides is 1. The van der Waals surface area contributed by atoms with Crippen LogP contribution >= 0.6 is 0 Å². The molecule has 10 heteroatoms. The highest BCUT2D eigenvalue weighted by Crippen LogP contribution is 2.30. The van der Waals surface area contributed by atoms with Gasteiger partial charge in [-0.15, -0.1) is 0 Å². The van der Waals surface area contributed by atoms with Gasteiger partial charge in [-0.1, -0.05) is 0 Å². The Kier molecular flexibility index (Phi) is 4.66. The highest BCUT2D eigenvalue weighted by atomic mass is 16.6. The zero-order chi connectivity index (χ0) is 21.4. The lowest BCUT2D eigenvalue weighted by molar-refractivity contribution is -0.385. The molecular weight excluding hydrogens is 390 g/mol. The predicted octanol–water partition coefficient (Wildman–Crippen LogP) is 4.14. The fourth-order valence-corrected chi connectivity index (χ4v) is 3.08. The molecule has 4 aromatic rings. The van der Waals surface area contributed by atoms with Gasteiger partial charge in [0.25, 0.3) is 5.91 Å². The second kappa shape index (κ2) is 7.32. The van der Waals surface area contributed by atoms with Gasteiger partial charge in [0.2, 0.25) is 0 Å². The van der Waals surface area contributed by atoms with Crippen molar-refractivity contribution in [3.63, 3.8) is 0 Å². The Morgan fingerprint density at radius 3 is 2.77 bits per heavy atom. The van der Waals surface area contributed by atoms with Gasteiger partial charge in [-0.25, -0.2) is 9.67 Å². The van der Waals surface area contributed by atoms with Crippen LogP contribution in [0, 0.1) is 10.1 Å². The standard InChI is InChI=1S/C20H17N5O5/c1-11(2)24-19-14(10-21-24)13(9-15(23-19)18-4-3-7-30-18)20(27)22-12-5-6-17(26)16(8-12)25(28)29/h3-11,26H,1-2H3,(H,22,27). The molecule has 0 bridgehead atoms. The van der Waals surface area contributed by atoms with Crippen LogP contribution < -0.4 is 5.32 Å². The molecule has 0 fully saturated rings. The van der Waals surface area contributed by atoms with Crippen molar-refractivity contribution < 1.29 is 19.2 Å². The van der Waals surface area contributed by atoms with Gasteiger partial charge in [0.15, 0.2) is 17.2 Å². The van der Waals surface area contributed by atoms with Crippen LogP contribution in [0.1, 0.15) is 30.2 Å². The van der Waals surface area contributed by atoms with Crippen molar-refractivity contribution in [2.75, 3.05) is 5.32 Å². The van der Waals surface area contributed by atoms with Gasteiger partial charge in [0.1, 0.15) is 5.69 Å². The molecule has 0 aliphatic carbocycles. The van der Waals surface area contributed by atoms with E-state index in [9.17, 15) is 20.0 Å². The summed E-state index contributed by atoms with van der Waals surface area (Å²) in [7, 11) is 0. The Morgan fingerprint density at radius 1 is 1.30 bits per heavy atom. The van der Waals surface area contributed by atoms with Crippen molar-refractivity contribution in [2.24, 2.45) is 0 Å². The Labute approximate surface area is 169 Å². The fraction of sp³-hybridized carbons (Fsp3) is 0.150. The van der Waals surface area contributed by atoms with E-state index in [1.54, 1.807) is 29.1 Å². The van der Waals surface area contributed by atoms with Crippen molar-refractivity contribution in [1.82, 2.24) is 14.8 Å². The summed E-state index contributed by atoms with van der Waals surface area (Å²) in [4.78, 5) is 28.0. The summed E-state index contributed by atoms with van der Waals surface area (Å²) in [5.74, 6) is -0.496. The SMILES string of the molecule is CC(C)n1ncc2c(C(=O)Nc3ccc(O)c([N+](=O)[O-])c3)cc(-c3ccco3)nc21. The minimum Gasteiger partial charge on any atom is -0.502 e. The van der Waals surface area contributed by atoms with Crippen LogP contribution in [0.2, 0.25) is 0 Å². The van der Waals surface area contributed by atoms with E-state index < -0.39 is 22.3 Å². The smallest absolute Gasteiger partial charge is 0.312 e. The third kappa shape index (κ3) is 3.34. The third-order valence-corrected chi connectivity index (χ3v) is 4.50. The lowest BCUT2D eigenvalue weighted by Crippen LogP contribution is -2.13. The highest BCUT2D eigenvalue weighted by Gasteiger charge is 2.21. The van der Waals surface area contributed by atoms with E-state index in [1.165, 1.54) is 12.3 Å². The average molecular weight is 407 g/mol. The first-order valence-corrected chi connectivity index (χ1v) is 9.06. The molecule has 0 saturated heterocycles. The fourth-order valence-electron chi connectivity index (χ4n) is 3.08. The van der Waals surface area contributed by atoms with Crippen LogP contribution in [0.3, 0.4) is 0 Å². The third-order valence-electron chi connectivity index (χ3n) is 4.50. The maximum Gasteiger partial charge on any atom is 0.312 e. The van der Waals surface area contributed by atoms with Crippen molar-refractivity contribution >= 4 is 28.3 Å². The van der Waals surface area contributed by atoms with Gasteiger partial charge in [-0.2, -0.15) is 5.10 Å². The zero-order valence-electron chi connectivity index (χ0n) is 16.1. The van der Waals surface area contributed by atoms with Gasteiger partial charge in [0.05, 0.1) is 28.3 Å². The Hall–Kier alpha value is -4.21. The summed E-state index contributed by atoms with van der Waals surface area (Å²) in [6.07, 6.45) is 3.07. The normalized spacial score (nSPS) is 11.2. The largest absolute Gasteiger partial charge is 0.502 e. The maximum atomic E-state index is 13.1. The summed E-state index contributed by atoms with van der Waals surface area (Å²) in [5, 5.41) is 28.2. The number of hydrogen-bond donors (Lipinski definition) is 2. The maximum absolute atomic E-state index is 13.1. The molecule has 0 saturated carbocycles. The topological polar surface area (TPSA) is 136 Å². The van der Waals surface area contributed by atoms with E-state index in [2.05, 4.69) is 15.4 Å². The molecule has 152 valence electrons. The minimum atomic E-state index is -0.725. The van der Waals surface area contributed by atoms with E-state index in [4.69, 9.17) is 4.42 Å². The molecule has 30 heavy (non-hydrogen) atoms. The molecule has 0 aliphatic heterocycles. The van der Waals surface area contributed by atoms with Crippen molar-refractivity contribution in [2.45, 2.75) is 19.9 Å². The van der Waals surface area contributed by atoms with Crippen LogP contribution in [0.5, 0.6) is 5.75 Å². The number of nitro benzene ring substituents is 1.